The van der Waals surface area contributed by atoms with Crippen molar-refractivity contribution in [2.24, 2.45) is 5.41 Å². The lowest BCUT2D eigenvalue weighted by molar-refractivity contribution is -0.140. The van der Waals surface area contributed by atoms with Crippen LogP contribution < -0.4 is 10.6 Å². The molecule has 3 rings (SSSR count). The number of carbonyl (C=O) groups is 2. The zero-order valence-corrected chi connectivity index (χ0v) is 17.4. The van der Waals surface area contributed by atoms with Crippen molar-refractivity contribution in [3.63, 3.8) is 0 Å². The van der Waals surface area contributed by atoms with E-state index in [1.54, 1.807) is 25.1 Å². The number of halogens is 2. The molecule has 0 aromatic heterocycles. The molecule has 2 aromatic rings. The van der Waals surface area contributed by atoms with E-state index in [-0.39, 0.29) is 24.7 Å². The minimum Gasteiger partial charge on any atom is -0.448 e. The molecule has 8 heteroatoms. The van der Waals surface area contributed by atoms with E-state index in [4.69, 9.17) is 21.1 Å². The summed E-state index contributed by atoms with van der Waals surface area (Å²) in [5.74, 6) is -0.786. The Morgan fingerprint density at radius 3 is 2.60 bits per heavy atom. The average molecular weight is 435 g/mol. The Kier molecular flexibility index (Phi) is 7.29. The summed E-state index contributed by atoms with van der Waals surface area (Å²) in [5.41, 5.74) is 0.515. The first-order valence-electron chi connectivity index (χ1n) is 9.70. The first-order valence-corrected chi connectivity index (χ1v) is 10.1. The van der Waals surface area contributed by atoms with E-state index in [9.17, 15) is 14.0 Å². The molecular formula is C22H24ClFN2O4. The van der Waals surface area contributed by atoms with Crippen molar-refractivity contribution in [3.05, 3.63) is 64.4 Å². The first kappa shape index (κ1) is 22.1. The molecule has 0 spiro atoms. The molecule has 2 N–H and O–H groups in total. The number of amides is 2. The second-order valence-corrected chi connectivity index (χ2v) is 7.71. The largest absolute Gasteiger partial charge is 0.448 e. The van der Waals surface area contributed by atoms with E-state index in [1.165, 1.54) is 6.07 Å². The van der Waals surface area contributed by atoms with Gasteiger partial charge in [0.15, 0.2) is 0 Å². The zero-order chi connectivity index (χ0) is 21.6. The highest BCUT2D eigenvalue weighted by Crippen LogP contribution is 2.32. The van der Waals surface area contributed by atoms with Gasteiger partial charge < -0.3 is 14.8 Å². The van der Waals surface area contributed by atoms with Gasteiger partial charge in [-0.3, -0.25) is 10.1 Å². The SMILES string of the molecule is Cc1cccc(F)c1NC(=O)OCC1(C(=O)NCc2ccccc2Cl)CCOCC1. The summed E-state index contributed by atoms with van der Waals surface area (Å²) in [6, 6.07) is 11.7. The fourth-order valence-corrected chi connectivity index (χ4v) is 3.54. The molecular weight excluding hydrogens is 411 g/mol. The van der Waals surface area contributed by atoms with Crippen LogP contribution in [0, 0.1) is 18.2 Å². The molecule has 1 fully saturated rings. The number of ether oxygens (including phenoxy) is 2. The highest BCUT2D eigenvalue weighted by atomic mass is 35.5. The first-order chi connectivity index (χ1) is 14.4. The lowest BCUT2D eigenvalue weighted by Gasteiger charge is -2.35. The maximum Gasteiger partial charge on any atom is 0.411 e. The lowest BCUT2D eigenvalue weighted by atomic mass is 9.80. The van der Waals surface area contributed by atoms with Gasteiger partial charge >= 0.3 is 6.09 Å². The molecule has 2 aromatic carbocycles. The maximum atomic E-state index is 13.9. The van der Waals surface area contributed by atoms with Gasteiger partial charge in [0.05, 0.1) is 11.1 Å². The van der Waals surface area contributed by atoms with Crippen LogP contribution in [0.2, 0.25) is 5.02 Å². The van der Waals surface area contributed by atoms with E-state index in [0.29, 0.717) is 36.6 Å². The van der Waals surface area contributed by atoms with Gasteiger partial charge in [0, 0.05) is 24.8 Å². The average Bonchev–Trinajstić information content (AvgIpc) is 2.75. The van der Waals surface area contributed by atoms with Gasteiger partial charge in [0.2, 0.25) is 5.91 Å². The van der Waals surface area contributed by atoms with E-state index >= 15 is 0 Å². The fourth-order valence-electron chi connectivity index (χ4n) is 3.34. The Morgan fingerprint density at radius 1 is 1.17 bits per heavy atom. The predicted molar refractivity (Wildman–Crippen MR) is 112 cm³/mol. The molecule has 1 aliphatic rings. The lowest BCUT2D eigenvalue weighted by Crippen LogP contribution is -2.48. The van der Waals surface area contributed by atoms with Crippen LogP contribution in [0.15, 0.2) is 42.5 Å². The van der Waals surface area contributed by atoms with Crippen LogP contribution in [0.25, 0.3) is 0 Å². The molecule has 0 bridgehead atoms. The monoisotopic (exact) mass is 434 g/mol. The van der Waals surface area contributed by atoms with Gasteiger partial charge in [-0.25, -0.2) is 9.18 Å². The highest BCUT2D eigenvalue weighted by molar-refractivity contribution is 6.31. The number of anilines is 1. The van der Waals surface area contributed by atoms with Crippen LogP contribution in [-0.2, 0) is 20.8 Å². The molecule has 1 heterocycles. The smallest absolute Gasteiger partial charge is 0.411 e. The van der Waals surface area contributed by atoms with Crippen molar-refractivity contribution >= 4 is 29.3 Å². The molecule has 1 aliphatic heterocycles. The zero-order valence-electron chi connectivity index (χ0n) is 16.7. The van der Waals surface area contributed by atoms with Gasteiger partial charge in [0.1, 0.15) is 12.4 Å². The number of carbonyl (C=O) groups excluding carboxylic acids is 2. The van der Waals surface area contributed by atoms with Crippen molar-refractivity contribution in [1.82, 2.24) is 5.32 Å². The molecule has 1 saturated heterocycles. The third-order valence-corrected chi connectivity index (χ3v) is 5.63. The summed E-state index contributed by atoms with van der Waals surface area (Å²) in [7, 11) is 0. The van der Waals surface area contributed by atoms with E-state index < -0.39 is 17.3 Å². The third kappa shape index (κ3) is 5.29. The molecule has 2 amide bonds. The Hall–Kier alpha value is -2.64. The summed E-state index contributed by atoms with van der Waals surface area (Å²) < 4.78 is 24.7. The van der Waals surface area contributed by atoms with Crippen LogP contribution in [0.4, 0.5) is 14.9 Å². The summed E-state index contributed by atoms with van der Waals surface area (Å²) in [5, 5.41) is 5.88. The second-order valence-electron chi connectivity index (χ2n) is 7.30. The topological polar surface area (TPSA) is 76.7 Å². The summed E-state index contributed by atoms with van der Waals surface area (Å²) in [6.07, 6.45) is 0.00810. The second kappa shape index (κ2) is 9.91. The van der Waals surface area contributed by atoms with Crippen LogP contribution >= 0.6 is 11.6 Å². The van der Waals surface area contributed by atoms with Crippen LogP contribution in [0.1, 0.15) is 24.0 Å². The van der Waals surface area contributed by atoms with Gasteiger partial charge in [0.25, 0.3) is 0 Å². The van der Waals surface area contributed by atoms with Crippen molar-refractivity contribution in [3.8, 4) is 0 Å². The Morgan fingerprint density at radius 2 is 1.90 bits per heavy atom. The van der Waals surface area contributed by atoms with Gasteiger partial charge in [-0.1, -0.05) is 41.9 Å². The van der Waals surface area contributed by atoms with Crippen molar-refractivity contribution < 1.29 is 23.5 Å². The highest BCUT2D eigenvalue weighted by Gasteiger charge is 2.41. The summed E-state index contributed by atoms with van der Waals surface area (Å²) in [4.78, 5) is 25.3. The van der Waals surface area contributed by atoms with Crippen LogP contribution in [0.3, 0.4) is 0 Å². The summed E-state index contributed by atoms with van der Waals surface area (Å²) >= 11 is 6.15. The number of rotatable bonds is 6. The number of hydrogen-bond acceptors (Lipinski definition) is 4. The standard InChI is InChI=1S/C22H24ClFN2O4/c1-15-5-4-8-18(24)19(15)26-21(28)30-14-22(9-11-29-12-10-22)20(27)25-13-16-6-2-3-7-17(16)23/h2-8H,9-14H2,1H3,(H,25,27)(H,26,28). The molecule has 30 heavy (non-hydrogen) atoms. The molecule has 160 valence electrons. The molecule has 0 saturated carbocycles. The predicted octanol–water partition coefficient (Wildman–Crippen LogP) is 4.45. The van der Waals surface area contributed by atoms with E-state index in [0.717, 1.165) is 5.56 Å². The molecule has 0 atom stereocenters. The number of aryl methyl sites for hydroxylation is 1. The minimum absolute atomic E-state index is 0.0618. The van der Waals surface area contributed by atoms with Crippen molar-refractivity contribution in [1.29, 1.82) is 0 Å². The Labute approximate surface area is 179 Å². The molecule has 0 unspecified atom stereocenters. The minimum atomic E-state index is -0.916. The number of hydrogen-bond donors (Lipinski definition) is 2. The van der Waals surface area contributed by atoms with Crippen molar-refractivity contribution in [2.75, 3.05) is 25.1 Å². The number of benzene rings is 2. The molecule has 6 nitrogen and oxygen atoms in total. The normalized spacial score (nSPS) is 15.3. The van der Waals surface area contributed by atoms with Crippen LogP contribution in [-0.4, -0.2) is 31.8 Å². The van der Waals surface area contributed by atoms with E-state index in [1.807, 2.05) is 18.2 Å². The molecule has 0 aliphatic carbocycles. The van der Waals surface area contributed by atoms with E-state index in [2.05, 4.69) is 10.6 Å². The van der Waals surface area contributed by atoms with Crippen LogP contribution in [0.5, 0.6) is 0 Å². The maximum absolute atomic E-state index is 13.9. The third-order valence-electron chi connectivity index (χ3n) is 5.26. The quantitative estimate of drug-likeness (QED) is 0.704. The Bertz CT molecular complexity index is 896. The number of nitrogens with one attached hydrogen (secondary N) is 2. The van der Waals surface area contributed by atoms with Crippen molar-refractivity contribution in [2.45, 2.75) is 26.3 Å². The fraction of sp³-hybridized carbons (Fsp3) is 0.364. The van der Waals surface area contributed by atoms with Gasteiger partial charge in [-0.15, -0.1) is 0 Å². The van der Waals surface area contributed by atoms with Gasteiger partial charge in [-0.2, -0.15) is 0 Å². The number of para-hydroxylation sites is 1. The molecule has 0 radical (unpaired) electrons. The summed E-state index contributed by atoms with van der Waals surface area (Å²) in [6.45, 7) is 2.58. The Balaban J connectivity index is 1.64. The van der Waals surface area contributed by atoms with Gasteiger partial charge in [-0.05, 0) is 43.0 Å².